The Morgan fingerprint density at radius 2 is 1.24 bits per heavy atom. The molecule has 0 unspecified atom stereocenters. The first-order valence-electron chi connectivity index (χ1n) is 8.26. The fourth-order valence-corrected chi connectivity index (χ4v) is 6.70. The highest BCUT2D eigenvalue weighted by molar-refractivity contribution is 7.95. The van der Waals surface area contributed by atoms with Crippen molar-refractivity contribution in [2.24, 2.45) is 10.2 Å². The third kappa shape index (κ3) is 3.31. The first kappa shape index (κ1) is 17.3. The first-order chi connectivity index (χ1) is 12.2. The summed E-state index contributed by atoms with van der Waals surface area (Å²) < 4.78 is 0. The summed E-state index contributed by atoms with van der Waals surface area (Å²) in [6.45, 7) is 7.88. The van der Waals surface area contributed by atoms with Crippen molar-refractivity contribution < 1.29 is 0 Å². The van der Waals surface area contributed by atoms with Crippen molar-refractivity contribution in [1.82, 2.24) is 0 Å². The van der Waals surface area contributed by atoms with Gasteiger partial charge in [-0.05, 0) is 43.3 Å². The van der Waals surface area contributed by atoms with Crippen LogP contribution in [0, 0.1) is 0 Å². The second kappa shape index (κ2) is 7.55. The summed E-state index contributed by atoms with van der Waals surface area (Å²) in [5.41, 5.74) is 2.03. The summed E-state index contributed by atoms with van der Waals surface area (Å²) in [6.07, 6.45) is 0. The zero-order chi connectivity index (χ0) is 17.7. The van der Waals surface area contributed by atoms with Gasteiger partial charge in [0.2, 0.25) is 0 Å². The van der Waals surface area contributed by atoms with E-state index in [4.69, 9.17) is 0 Å². The summed E-state index contributed by atoms with van der Waals surface area (Å²) in [7, 11) is -1.78. The summed E-state index contributed by atoms with van der Waals surface area (Å²) >= 11 is 0. The molecular weight excluding hydrogens is 323 g/mol. The molecule has 3 heteroatoms. The Morgan fingerprint density at radius 1 is 0.760 bits per heavy atom. The monoisotopic (exact) mass is 345 g/mol. The van der Waals surface area contributed by atoms with Gasteiger partial charge in [0.15, 0.2) is 0 Å². The molecule has 0 fully saturated rings. The van der Waals surface area contributed by atoms with Crippen LogP contribution in [0.4, 0.5) is 0 Å². The van der Waals surface area contributed by atoms with Crippen molar-refractivity contribution in [3.8, 4) is 0 Å². The molecular formula is C22H22N2P+. The molecule has 3 rings (SSSR count). The van der Waals surface area contributed by atoms with Gasteiger partial charge in [-0.2, -0.15) is 10.2 Å². The molecule has 0 amide bonds. The van der Waals surface area contributed by atoms with Crippen LogP contribution in [-0.2, 0) is 0 Å². The zero-order valence-corrected chi connectivity index (χ0v) is 15.5. The van der Waals surface area contributed by atoms with E-state index in [1.54, 1.807) is 0 Å². The van der Waals surface area contributed by atoms with E-state index >= 15 is 0 Å². The van der Waals surface area contributed by atoms with Crippen LogP contribution in [0.15, 0.2) is 95.1 Å². The topological polar surface area (TPSA) is 24.7 Å². The summed E-state index contributed by atoms with van der Waals surface area (Å²) in [5.74, 6) is 0. The number of nitrogens with zero attached hydrogens (tertiary/aromatic N) is 2. The van der Waals surface area contributed by atoms with Gasteiger partial charge in [0.05, 0.1) is 12.4 Å². The molecule has 0 N–H and O–H groups in total. The maximum Gasteiger partial charge on any atom is 0.113 e. The van der Waals surface area contributed by atoms with E-state index in [-0.39, 0.29) is 0 Å². The average molecular weight is 345 g/mol. The molecule has 0 spiro atoms. The minimum Gasteiger partial charge on any atom is -0.167 e. The van der Waals surface area contributed by atoms with Crippen LogP contribution in [0.5, 0.6) is 0 Å². The van der Waals surface area contributed by atoms with Gasteiger partial charge in [0.25, 0.3) is 0 Å². The van der Waals surface area contributed by atoms with Gasteiger partial charge in [-0.25, -0.2) is 0 Å². The molecule has 0 saturated carbocycles. The molecule has 0 aromatic heterocycles. The minimum absolute atomic E-state index is 0.892. The minimum atomic E-state index is -1.78. The molecule has 124 valence electrons. The van der Waals surface area contributed by atoms with Crippen molar-refractivity contribution >= 4 is 35.6 Å². The van der Waals surface area contributed by atoms with E-state index < -0.39 is 7.26 Å². The van der Waals surface area contributed by atoms with Crippen LogP contribution in [0.1, 0.15) is 12.5 Å². The highest BCUT2D eigenvalue weighted by Crippen LogP contribution is 2.52. The SMILES string of the molecule is C=N/N=C(\C)c1ccccc1[P+](C)(c1ccccc1)c1ccccc1. The van der Waals surface area contributed by atoms with E-state index in [1.807, 2.05) is 6.92 Å². The lowest BCUT2D eigenvalue weighted by molar-refractivity contribution is 1.25. The molecule has 0 radical (unpaired) electrons. The Labute approximate surface area is 150 Å². The van der Waals surface area contributed by atoms with Crippen LogP contribution < -0.4 is 15.9 Å². The molecule has 3 aromatic rings. The largest absolute Gasteiger partial charge is 0.167 e. The summed E-state index contributed by atoms with van der Waals surface area (Å²) in [4.78, 5) is 0. The number of benzene rings is 3. The van der Waals surface area contributed by atoms with Crippen LogP contribution >= 0.6 is 7.26 Å². The Morgan fingerprint density at radius 3 is 1.76 bits per heavy atom. The molecule has 0 heterocycles. The fourth-order valence-electron chi connectivity index (χ4n) is 3.21. The van der Waals surface area contributed by atoms with Crippen LogP contribution in [-0.4, -0.2) is 19.1 Å². The summed E-state index contributed by atoms with van der Waals surface area (Å²) in [5, 5.41) is 12.0. The smallest absolute Gasteiger partial charge is 0.113 e. The lowest BCUT2D eigenvalue weighted by atomic mass is 10.1. The van der Waals surface area contributed by atoms with Gasteiger partial charge in [-0.15, -0.1) is 0 Å². The molecule has 0 aliphatic rings. The predicted molar refractivity (Wildman–Crippen MR) is 113 cm³/mol. The predicted octanol–water partition coefficient (Wildman–Crippen LogP) is 4.03. The molecule has 0 saturated heterocycles. The van der Waals surface area contributed by atoms with Gasteiger partial charge in [0, 0.05) is 12.3 Å². The Hall–Kier alpha value is -2.57. The van der Waals surface area contributed by atoms with E-state index in [2.05, 4.69) is 109 Å². The van der Waals surface area contributed by atoms with E-state index in [9.17, 15) is 0 Å². The Balaban J connectivity index is 2.32. The maximum absolute atomic E-state index is 4.20. The van der Waals surface area contributed by atoms with Crippen LogP contribution in [0.25, 0.3) is 0 Å². The van der Waals surface area contributed by atoms with Gasteiger partial charge < -0.3 is 0 Å². The normalized spacial score (nSPS) is 12.0. The van der Waals surface area contributed by atoms with Crippen molar-refractivity contribution in [2.45, 2.75) is 6.92 Å². The molecule has 0 bridgehead atoms. The number of rotatable bonds is 5. The molecule has 0 aliphatic carbocycles. The number of hydrogen-bond acceptors (Lipinski definition) is 2. The quantitative estimate of drug-likeness (QED) is 0.379. The Bertz CT molecular complexity index is 847. The zero-order valence-electron chi connectivity index (χ0n) is 14.6. The first-order valence-corrected chi connectivity index (χ1v) is 10.5. The Kier molecular flexibility index (Phi) is 5.21. The van der Waals surface area contributed by atoms with Crippen LogP contribution in [0.3, 0.4) is 0 Å². The summed E-state index contributed by atoms with van der Waals surface area (Å²) in [6, 6.07) is 30.1. The van der Waals surface area contributed by atoms with Gasteiger partial charge in [-0.3, -0.25) is 0 Å². The maximum atomic E-state index is 4.20. The molecule has 25 heavy (non-hydrogen) atoms. The molecule has 0 atom stereocenters. The lowest BCUT2D eigenvalue weighted by Crippen LogP contribution is -2.33. The molecule has 0 aliphatic heterocycles. The average Bonchev–Trinajstić information content (AvgIpc) is 2.69. The van der Waals surface area contributed by atoms with Crippen LogP contribution in [0.2, 0.25) is 0 Å². The van der Waals surface area contributed by atoms with E-state index in [1.165, 1.54) is 15.9 Å². The third-order valence-corrected chi connectivity index (χ3v) is 8.56. The molecule has 2 nitrogen and oxygen atoms in total. The second-order valence-electron chi connectivity index (χ2n) is 6.02. The third-order valence-electron chi connectivity index (χ3n) is 4.54. The highest BCUT2D eigenvalue weighted by Gasteiger charge is 2.42. The van der Waals surface area contributed by atoms with Crippen molar-refractivity contribution in [1.29, 1.82) is 0 Å². The highest BCUT2D eigenvalue weighted by atomic mass is 31.2. The van der Waals surface area contributed by atoms with E-state index in [0.717, 1.165) is 11.3 Å². The lowest BCUT2D eigenvalue weighted by Gasteiger charge is -2.25. The van der Waals surface area contributed by atoms with Crippen molar-refractivity contribution in [3.63, 3.8) is 0 Å². The van der Waals surface area contributed by atoms with Gasteiger partial charge >= 0.3 is 0 Å². The van der Waals surface area contributed by atoms with Crippen molar-refractivity contribution in [3.05, 3.63) is 90.5 Å². The van der Waals surface area contributed by atoms with Gasteiger partial charge in [-0.1, -0.05) is 48.5 Å². The van der Waals surface area contributed by atoms with Crippen molar-refractivity contribution in [2.75, 3.05) is 6.66 Å². The standard InChI is InChI=1S/C22H22N2P/c1-18(24-23-2)21-16-10-11-17-22(21)25(3,19-12-6-4-7-13-19)20-14-8-5-9-15-20/h4-17H,2H2,1,3H3/q+1/b24-18+. The second-order valence-corrected chi connectivity index (χ2v) is 9.55. The number of hydrogen-bond donors (Lipinski definition) is 0. The van der Waals surface area contributed by atoms with E-state index in [0.29, 0.717) is 0 Å². The molecule has 3 aromatic carbocycles. The van der Waals surface area contributed by atoms with Gasteiger partial charge in [0.1, 0.15) is 23.2 Å². The fraction of sp³-hybridized carbons (Fsp3) is 0.0909.